The first-order chi connectivity index (χ1) is 24.3. The Hall–Kier alpha value is -4.88. The summed E-state index contributed by atoms with van der Waals surface area (Å²) in [5, 5.41) is 12.8. The van der Waals surface area contributed by atoms with Crippen LogP contribution in [0.3, 0.4) is 0 Å². The molecule has 6 rings (SSSR count). The lowest BCUT2D eigenvalue weighted by Crippen LogP contribution is -2.45. The quantitative estimate of drug-likeness (QED) is 0.147. The number of hydrogen-bond acceptors (Lipinski definition) is 10. The van der Waals surface area contributed by atoms with Gasteiger partial charge in [-0.25, -0.2) is 0 Å². The van der Waals surface area contributed by atoms with E-state index in [4.69, 9.17) is 18.9 Å². The van der Waals surface area contributed by atoms with Gasteiger partial charge in [-0.05, 0) is 48.2 Å². The van der Waals surface area contributed by atoms with E-state index in [0.29, 0.717) is 74.5 Å². The zero-order chi connectivity index (χ0) is 35.6. The SMILES string of the molecule is CC.COc1cc(C(=O)Nc2cccc(-c3cccc(NC(=O)c4cc(OC)c(CNC5COC5)cn4)c3C)c2C)ncc1CNC1COC1. The maximum atomic E-state index is 13.3. The van der Waals surface area contributed by atoms with E-state index in [1.165, 1.54) is 0 Å². The number of pyridine rings is 2. The minimum atomic E-state index is -0.347. The molecular weight excluding hydrogens is 636 g/mol. The number of methoxy groups -OCH3 is 2. The molecule has 2 aliphatic rings. The predicted octanol–water partition coefficient (Wildman–Crippen LogP) is 5.29. The highest BCUT2D eigenvalue weighted by Gasteiger charge is 2.21. The van der Waals surface area contributed by atoms with Gasteiger partial charge in [0.15, 0.2) is 0 Å². The van der Waals surface area contributed by atoms with Gasteiger partial charge in [-0.1, -0.05) is 38.1 Å². The highest BCUT2D eigenvalue weighted by Crippen LogP contribution is 2.34. The van der Waals surface area contributed by atoms with Crippen molar-refractivity contribution in [3.8, 4) is 22.6 Å². The molecule has 0 radical (unpaired) electrons. The number of amides is 2. The summed E-state index contributed by atoms with van der Waals surface area (Å²) in [6, 6.07) is 15.4. The van der Waals surface area contributed by atoms with Crippen molar-refractivity contribution in [3.63, 3.8) is 0 Å². The van der Waals surface area contributed by atoms with Crippen molar-refractivity contribution in [2.45, 2.75) is 52.9 Å². The predicted molar refractivity (Wildman–Crippen MR) is 193 cm³/mol. The lowest BCUT2D eigenvalue weighted by Gasteiger charge is -2.27. The van der Waals surface area contributed by atoms with Gasteiger partial charge < -0.3 is 40.2 Å². The summed E-state index contributed by atoms with van der Waals surface area (Å²) in [5.41, 5.74) is 7.10. The third-order valence-electron chi connectivity index (χ3n) is 8.69. The molecule has 4 N–H and O–H groups in total. The number of aromatic nitrogens is 2. The van der Waals surface area contributed by atoms with Gasteiger partial charge in [-0.3, -0.25) is 19.6 Å². The van der Waals surface area contributed by atoms with E-state index < -0.39 is 0 Å². The molecule has 4 aromatic rings. The van der Waals surface area contributed by atoms with Gasteiger partial charge in [0.2, 0.25) is 0 Å². The largest absolute Gasteiger partial charge is 0.496 e. The smallest absolute Gasteiger partial charge is 0.274 e. The van der Waals surface area contributed by atoms with E-state index in [0.717, 1.165) is 33.4 Å². The second-order valence-corrected chi connectivity index (χ2v) is 11.9. The fraction of sp³-hybridized carbons (Fsp3) is 0.368. The van der Waals surface area contributed by atoms with Crippen molar-refractivity contribution in [3.05, 3.63) is 94.6 Å². The standard InChI is InChI=1S/C36H40N6O6.C2H6/c1-21-27(7-5-9-29(21)41-35(43)31-11-33(45-3)23(15-39-31)13-37-25-17-47-18-25)28-8-6-10-30(22(28)2)42-36(44)32-12-34(46-4)24(16-40-32)14-38-26-19-48-20-26;1-2/h5-12,15-16,25-26,37-38H,13-14,17-20H2,1-4H3,(H,41,43)(H,42,44);1-2H3. The third kappa shape index (κ3) is 8.45. The van der Waals surface area contributed by atoms with Crippen LogP contribution < -0.4 is 30.7 Å². The molecule has 0 unspecified atom stereocenters. The second-order valence-electron chi connectivity index (χ2n) is 11.9. The van der Waals surface area contributed by atoms with E-state index in [9.17, 15) is 9.59 Å². The van der Waals surface area contributed by atoms with Crippen LogP contribution in [0.1, 0.15) is 57.1 Å². The number of rotatable bonds is 13. The fourth-order valence-electron chi connectivity index (χ4n) is 5.54. The topological polar surface area (TPSA) is 145 Å². The van der Waals surface area contributed by atoms with Crippen LogP contribution in [0.15, 0.2) is 60.9 Å². The second kappa shape index (κ2) is 17.2. The maximum absolute atomic E-state index is 13.3. The Labute approximate surface area is 293 Å². The van der Waals surface area contributed by atoms with E-state index in [-0.39, 0.29) is 23.2 Å². The normalized spacial score (nSPS) is 14.0. The molecule has 0 atom stereocenters. The summed E-state index contributed by atoms with van der Waals surface area (Å²) >= 11 is 0. The van der Waals surface area contributed by atoms with Gasteiger partial charge in [0, 0.05) is 60.1 Å². The number of ether oxygens (including phenoxy) is 4. The number of nitrogens with one attached hydrogen (secondary N) is 4. The van der Waals surface area contributed by atoms with Gasteiger partial charge in [-0.2, -0.15) is 0 Å². The Kier molecular flexibility index (Phi) is 12.5. The number of carbonyl (C=O) groups is 2. The summed E-state index contributed by atoms with van der Waals surface area (Å²) in [4.78, 5) is 35.4. The van der Waals surface area contributed by atoms with Gasteiger partial charge in [0.05, 0.1) is 52.7 Å². The van der Waals surface area contributed by atoms with Crippen molar-refractivity contribution in [1.82, 2.24) is 20.6 Å². The first kappa shape index (κ1) is 36.4. The Morgan fingerprint density at radius 3 is 1.44 bits per heavy atom. The van der Waals surface area contributed by atoms with Crippen molar-refractivity contribution in [2.75, 3.05) is 51.3 Å². The third-order valence-corrected chi connectivity index (χ3v) is 8.69. The zero-order valence-corrected chi connectivity index (χ0v) is 29.5. The molecule has 2 amide bonds. The van der Waals surface area contributed by atoms with E-state index in [2.05, 4.69) is 31.2 Å². The minimum absolute atomic E-state index is 0.246. The Bertz CT molecular complexity index is 1680. The van der Waals surface area contributed by atoms with Gasteiger partial charge >= 0.3 is 0 Å². The first-order valence-corrected chi connectivity index (χ1v) is 16.8. The van der Waals surface area contributed by atoms with E-state index in [1.807, 2.05) is 64.1 Å². The van der Waals surface area contributed by atoms with Crippen LogP contribution in [-0.4, -0.2) is 74.5 Å². The monoisotopic (exact) mass is 682 g/mol. The average Bonchev–Trinajstić information content (AvgIpc) is 3.09. The van der Waals surface area contributed by atoms with Gasteiger partial charge in [0.1, 0.15) is 22.9 Å². The fourth-order valence-corrected chi connectivity index (χ4v) is 5.54. The zero-order valence-electron chi connectivity index (χ0n) is 29.5. The molecule has 12 nitrogen and oxygen atoms in total. The highest BCUT2D eigenvalue weighted by molar-refractivity contribution is 6.05. The van der Waals surface area contributed by atoms with E-state index in [1.54, 1.807) is 38.7 Å². The molecular formula is C38H46N6O6. The van der Waals surface area contributed by atoms with Crippen LogP contribution in [0, 0.1) is 13.8 Å². The molecule has 0 aliphatic carbocycles. The molecule has 50 heavy (non-hydrogen) atoms. The van der Waals surface area contributed by atoms with Gasteiger partial charge in [0.25, 0.3) is 11.8 Å². The Morgan fingerprint density at radius 1 is 0.700 bits per heavy atom. The molecule has 0 spiro atoms. The van der Waals surface area contributed by atoms with Crippen LogP contribution in [0.2, 0.25) is 0 Å². The maximum Gasteiger partial charge on any atom is 0.274 e. The van der Waals surface area contributed by atoms with Crippen molar-refractivity contribution in [1.29, 1.82) is 0 Å². The Balaban J connectivity index is 0.00000239. The summed E-state index contributed by atoms with van der Waals surface area (Å²) in [6.07, 6.45) is 3.33. The molecule has 12 heteroatoms. The summed E-state index contributed by atoms with van der Waals surface area (Å²) in [7, 11) is 3.16. The minimum Gasteiger partial charge on any atom is -0.496 e. The number of nitrogens with zero attached hydrogens (tertiary/aromatic N) is 2. The molecule has 4 heterocycles. The molecule has 0 bridgehead atoms. The first-order valence-electron chi connectivity index (χ1n) is 16.8. The molecule has 264 valence electrons. The van der Waals surface area contributed by atoms with Crippen LogP contribution in [-0.2, 0) is 22.6 Å². The van der Waals surface area contributed by atoms with E-state index >= 15 is 0 Å². The number of hydrogen-bond donors (Lipinski definition) is 4. The Morgan fingerprint density at radius 2 is 1.10 bits per heavy atom. The number of anilines is 2. The summed E-state index contributed by atoms with van der Waals surface area (Å²) in [6.45, 7) is 11.8. The van der Waals surface area contributed by atoms with Crippen molar-refractivity contribution in [2.24, 2.45) is 0 Å². The number of carbonyl (C=O) groups excluding carboxylic acids is 2. The average molecular weight is 683 g/mol. The van der Waals surface area contributed by atoms with Crippen molar-refractivity contribution < 1.29 is 28.5 Å². The molecule has 0 saturated carbocycles. The van der Waals surface area contributed by atoms with Crippen LogP contribution in [0.5, 0.6) is 11.5 Å². The van der Waals surface area contributed by atoms with Crippen LogP contribution in [0.25, 0.3) is 11.1 Å². The molecule has 2 aromatic heterocycles. The lowest BCUT2D eigenvalue weighted by molar-refractivity contribution is -0.00588. The van der Waals surface area contributed by atoms with Gasteiger partial charge in [-0.15, -0.1) is 0 Å². The van der Waals surface area contributed by atoms with Crippen LogP contribution in [0.4, 0.5) is 11.4 Å². The number of benzene rings is 2. The summed E-state index contributed by atoms with van der Waals surface area (Å²) in [5.74, 6) is 0.479. The lowest BCUT2D eigenvalue weighted by atomic mass is 9.94. The van der Waals surface area contributed by atoms with Crippen LogP contribution >= 0.6 is 0 Å². The molecule has 2 aromatic carbocycles. The summed E-state index contributed by atoms with van der Waals surface area (Å²) < 4.78 is 21.5. The van der Waals surface area contributed by atoms with Crippen molar-refractivity contribution >= 4 is 23.2 Å². The molecule has 2 fully saturated rings. The highest BCUT2D eigenvalue weighted by atomic mass is 16.5. The molecule has 2 saturated heterocycles. The molecule has 2 aliphatic heterocycles.